The molecule has 0 unspecified atom stereocenters. The number of furan rings is 1. The highest BCUT2D eigenvalue weighted by Crippen LogP contribution is 2.58. The van der Waals surface area contributed by atoms with Crippen LogP contribution in [-0.2, 0) is 5.41 Å². The third-order valence-corrected chi connectivity index (χ3v) is 15.2. The van der Waals surface area contributed by atoms with Crippen molar-refractivity contribution >= 4 is 53.4 Å². The molecule has 0 N–H and O–H groups in total. The van der Waals surface area contributed by atoms with Crippen LogP contribution < -0.4 is 0 Å². The molecule has 13 aromatic rings. The molecule has 1 aliphatic rings. The van der Waals surface area contributed by atoms with Gasteiger partial charge in [0.05, 0.1) is 5.41 Å². The molecule has 322 valence electrons. The zero-order valence-corrected chi connectivity index (χ0v) is 38.0. The molecular weight excluding hydrogens is 859 g/mol. The molecule has 0 spiro atoms. The van der Waals surface area contributed by atoms with Gasteiger partial charge in [-0.2, -0.15) is 0 Å². The van der Waals surface area contributed by atoms with E-state index in [2.05, 4.69) is 206 Å². The number of benzene rings is 10. The molecule has 0 atom stereocenters. The molecule has 3 aromatic heterocycles. The number of hydrogen-bond acceptors (Lipinski definition) is 5. The van der Waals surface area contributed by atoms with E-state index in [4.69, 9.17) is 19.4 Å². The molecule has 69 heavy (non-hydrogen) atoms. The largest absolute Gasteiger partial charge is 0.456 e. The molecule has 0 aliphatic heterocycles. The number of hydrogen-bond donors (Lipinski definition) is 0. The molecule has 0 radical (unpaired) electrons. The van der Waals surface area contributed by atoms with E-state index < -0.39 is 5.41 Å². The molecule has 1 aliphatic carbocycles. The smallest absolute Gasteiger partial charge is 0.164 e. The number of nitrogens with zero attached hydrogens (tertiary/aromatic N) is 3. The number of thiophene rings is 1. The van der Waals surface area contributed by atoms with Crippen LogP contribution in [0.2, 0.25) is 0 Å². The Morgan fingerprint density at radius 1 is 0.333 bits per heavy atom. The standard InChI is InChI=1S/C64H39N3OS/c1-4-18-40(19-5-1)61-65-62(67-63(66-61)50-30-17-35-57-60(50)48-27-11-13-34-56(48)69-57)49-29-16-33-55-59(49)51-39-42(36-37-54(51)68-55)41-20-14-21-43(38-41)46-28-15-32-53-58(46)47-26-10-12-31-52(47)64(53,44-22-6-2-7-23-44)45-24-8-3-9-25-45/h1-39H. The Morgan fingerprint density at radius 2 is 0.884 bits per heavy atom. The topological polar surface area (TPSA) is 51.8 Å². The monoisotopic (exact) mass is 897 g/mol. The molecule has 0 saturated carbocycles. The van der Waals surface area contributed by atoms with Crippen LogP contribution in [0.1, 0.15) is 22.3 Å². The van der Waals surface area contributed by atoms with Crippen LogP contribution in [0.3, 0.4) is 0 Å². The third-order valence-electron chi connectivity index (χ3n) is 14.0. The first-order chi connectivity index (χ1) is 34.2. The van der Waals surface area contributed by atoms with Crippen molar-refractivity contribution in [1.29, 1.82) is 0 Å². The van der Waals surface area contributed by atoms with E-state index in [1.165, 1.54) is 53.7 Å². The SMILES string of the molecule is c1ccc(-c2nc(-c3cccc4oc5ccc(-c6cccc(-c7cccc8c7-c7ccccc7C8(c7ccccc7)c7ccccc7)c6)cc5c34)nc(-c3cccc4sc5ccccc5c34)n2)cc1. The van der Waals surface area contributed by atoms with Crippen LogP contribution in [0.15, 0.2) is 241 Å². The normalized spacial score (nSPS) is 12.8. The van der Waals surface area contributed by atoms with E-state index in [0.717, 1.165) is 60.7 Å². The molecule has 4 nitrogen and oxygen atoms in total. The Hall–Kier alpha value is -8.77. The van der Waals surface area contributed by atoms with Crippen molar-refractivity contribution in [2.24, 2.45) is 0 Å². The van der Waals surface area contributed by atoms with E-state index in [0.29, 0.717) is 17.5 Å². The Labute approximate surface area is 402 Å². The Balaban J connectivity index is 0.929. The van der Waals surface area contributed by atoms with Gasteiger partial charge in [0.15, 0.2) is 17.5 Å². The average molecular weight is 898 g/mol. The minimum absolute atomic E-state index is 0.472. The zero-order valence-electron chi connectivity index (χ0n) is 37.2. The first-order valence-corrected chi connectivity index (χ1v) is 24.2. The Morgan fingerprint density at radius 3 is 1.68 bits per heavy atom. The van der Waals surface area contributed by atoms with Crippen molar-refractivity contribution in [2.45, 2.75) is 5.41 Å². The fourth-order valence-corrected chi connectivity index (χ4v) is 12.2. The maximum atomic E-state index is 6.63. The van der Waals surface area contributed by atoms with Gasteiger partial charge >= 0.3 is 0 Å². The summed E-state index contributed by atoms with van der Waals surface area (Å²) < 4.78 is 9.07. The highest BCUT2D eigenvalue weighted by atomic mass is 32.1. The van der Waals surface area contributed by atoms with E-state index >= 15 is 0 Å². The summed E-state index contributed by atoms with van der Waals surface area (Å²) >= 11 is 1.79. The van der Waals surface area contributed by atoms with Crippen LogP contribution in [0.25, 0.3) is 110 Å². The van der Waals surface area contributed by atoms with Crippen molar-refractivity contribution in [3.8, 4) is 67.5 Å². The highest BCUT2D eigenvalue weighted by Gasteiger charge is 2.46. The van der Waals surface area contributed by atoms with Gasteiger partial charge in [-0.15, -0.1) is 11.3 Å². The molecule has 0 amide bonds. The van der Waals surface area contributed by atoms with Crippen molar-refractivity contribution in [1.82, 2.24) is 15.0 Å². The fraction of sp³-hybridized carbons (Fsp3) is 0.0156. The van der Waals surface area contributed by atoms with Crippen LogP contribution in [-0.4, -0.2) is 15.0 Å². The summed E-state index contributed by atoms with van der Waals surface area (Å²) in [6.45, 7) is 0. The molecule has 5 heteroatoms. The van der Waals surface area contributed by atoms with Crippen molar-refractivity contribution < 1.29 is 4.42 Å². The van der Waals surface area contributed by atoms with E-state index in [1.54, 1.807) is 11.3 Å². The van der Waals surface area contributed by atoms with E-state index in [1.807, 2.05) is 30.3 Å². The first kappa shape index (κ1) is 39.4. The molecule has 0 bridgehead atoms. The Kier molecular flexibility index (Phi) is 8.95. The summed E-state index contributed by atoms with van der Waals surface area (Å²) in [4.78, 5) is 15.7. The van der Waals surface area contributed by atoms with Crippen LogP contribution >= 0.6 is 11.3 Å². The summed E-state index contributed by atoms with van der Waals surface area (Å²) in [7, 11) is 0. The molecule has 14 rings (SSSR count). The third kappa shape index (κ3) is 6.11. The lowest BCUT2D eigenvalue weighted by Gasteiger charge is -2.34. The number of rotatable bonds is 7. The van der Waals surface area contributed by atoms with Crippen molar-refractivity contribution in [2.75, 3.05) is 0 Å². The minimum atomic E-state index is -0.472. The minimum Gasteiger partial charge on any atom is -0.456 e. The second-order valence-electron chi connectivity index (χ2n) is 17.8. The van der Waals surface area contributed by atoms with Gasteiger partial charge in [-0.05, 0) is 92.0 Å². The lowest BCUT2D eigenvalue weighted by atomic mass is 9.67. The molecule has 0 fully saturated rings. The van der Waals surface area contributed by atoms with Gasteiger partial charge in [-0.25, -0.2) is 15.0 Å². The predicted octanol–water partition coefficient (Wildman–Crippen LogP) is 16.8. The second kappa shape index (κ2) is 15.7. The number of aromatic nitrogens is 3. The summed E-state index contributed by atoms with van der Waals surface area (Å²) in [5.74, 6) is 1.85. The van der Waals surface area contributed by atoms with Gasteiger partial charge in [0, 0.05) is 47.6 Å². The molecule has 0 saturated heterocycles. The van der Waals surface area contributed by atoms with Crippen molar-refractivity contribution in [3.63, 3.8) is 0 Å². The summed E-state index contributed by atoms with van der Waals surface area (Å²) in [6, 6.07) is 84.7. The van der Waals surface area contributed by atoms with E-state index in [9.17, 15) is 0 Å². The maximum absolute atomic E-state index is 6.63. The second-order valence-corrected chi connectivity index (χ2v) is 18.9. The summed E-state index contributed by atoms with van der Waals surface area (Å²) in [5, 5.41) is 4.33. The maximum Gasteiger partial charge on any atom is 0.164 e. The van der Waals surface area contributed by atoms with Gasteiger partial charge in [0.25, 0.3) is 0 Å². The molecular formula is C64H39N3OS. The fourth-order valence-electron chi connectivity index (χ4n) is 11.1. The van der Waals surface area contributed by atoms with Gasteiger partial charge in [-0.3, -0.25) is 0 Å². The van der Waals surface area contributed by atoms with Gasteiger partial charge in [-0.1, -0.05) is 200 Å². The lowest BCUT2D eigenvalue weighted by molar-refractivity contribution is 0.669. The Bertz CT molecular complexity index is 4100. The van der Waals surface area contributed by atoms with Gasteiger partial charge in [0.2, 0.25) is 0 Å². The zero-order chi connectivity index (χ0) is 45.5. The van der Waals surface area contributed by atoms with Crippen LogP contribution in [0.5, 0.6) is 0 Å². The van der Waals surface area contributed by atoms with E-state index in [-0.39, 0.29) is 0 Å². The summed E-state index contributed by atoms with van der Waals surface area (Å²) in [5.41, 5.74) is 16.1. The predicted molar refractivity (Wildman–Crippen MR) is 284 cm³/mol. The summed E-state index contributed by atoms with van der Waals surface area (Å²) in [6.07, 6.45) is 0. The average Bonchev–Trinajstić information content (AvgIpc) is 4.10. The van der Waals surface area contributed by atoms with Gasteiger partial charge < -0.3 is 4.42 Å². The quantitative estimate of drug-likeness (QED) is 0.160. The van der Waals surface area contributed by atoms with Crippen LogP contribution in [0.4, 0.5) is 0 Å². The number of fused-ring (bicyclic) bond motifs is 9. The molecule has 3 heterocycles. The van der Waals surface area contributed by atoms with Gasteiger partial charge in [0.1, 0.15) is 11.2 Å². The van der Waals surface area contributed by atoms with Crippen LogP contribution in [0, 0.1) is 0 Å². The molecule has 10 aromatic carbocycles. The highest BCUT2D eigenvalue weighted by molar-refractivity contribution is 7.25. The van der Waals surface area contributed by atoms with Crippen molar-refractivity contribution in [3.05, 3.63) is 259 Å². The lowest BCUT2D eigenvalue weighted by Crippen LogP contribution is -2.28. The first-order valence-electron chi connectivity index (χ1n) is 23.3.